The Labute approximate surface area is 70.0 Å². The van der Waals surface area contributed by atoms with Gasteiger partial charge >= 0.3 is 0 Å². The van der Waals surface area contributed by atoms with Crippen LogP contribution in [0.4, 0.5) is 0 Å². The van der Waals surface area contributed by atoms with Gasteiger partial charge in [-0.3, -0.25) is 0 Å². The van der Waals surface area contributed by atoms with E-state index in [0.29, 0.717) is 17.8 Å². The Morgan fingerprint density at radius 3 is 2.18 bits per heavy atom. The van der Waals surface area contributed by atoms with Gasteiger partial charge in [0.05, 0.1) is 0 Å². The van der Waals surface area contributed by atoms with Crippen LogP contribution in [0.15, 0.2) is 24.3 Å². The van der Waals surface area contributed by atoms with Gasteiger partial charge < -0.3 is 0 Å². The lowest BCUT2D eigenvalue weighted by Gasteiger charge is -2.34. The molecule has 3 unspecified atom stereocenters. The molecule has 1 rings (SSSR count). The van der Waals surface area contributed by atoms with E-state index >= 15 is 0 Å². The zero-order valence-corrected chi connectivity index (χ0v) is 7.85. The van der Waals surface area contributed by atoms with Gasteiger partial charge in [0.1, 0.15) is 0 Å². The molecule has 0 radical (unpaired) electrons. The first kappa shape index (κ1) is 8.58. The maximum absolute atomic E-state index is 4.12. The Hall–Kier alpha value is -0.520. The molecule has 0 aromatic heterocycles. The summed E-state index contributed by atoms with van der Waals surface area (Å²) in [6.07, 6.45) is 1.14. The fraction of sp³-hybridized carbons (Fsp3) is 0.636. The van der Waals surface area contributed by atoms with Crippen molar-refractivity contribution >= 4 is 0 Å². The van der Waals surface area contributed by atoms with Gasteiger partial charge in [0.15, 0.2) is 0 Å². The Bertz CT molecular complexity index is 188. The van der Waals surface area contributed by atoms with Gasteiger partial charge in [-0.05, 0) is 24.2 Å². The Morgan fingerprint density at radius 1 is 1.09 bits per heavy atom. The van der Waals surface area contributed by atoms with Crippen molar-refractivity contribution in [3.63, 3.8) is 0 Å². The SMILES string of the molecule is C=C1CC(C)C(=C)C(C)C1C. The maximum Gasteiger partial charge on any atom is -0.0169 e. The Balaban J connectivity index is 2.78. The summed E-state index contributed by atoms with van der Waals surface area (Å²) in [5.41, 5.74) is 2.81. The molecule has 0 saturated heterocycles. The molecule has 0 aromatic rings. The van der Waals surface area contributed by atoms with Crippen LogP contribution in [0.25, 0.3) is 0 Å². The molecule has 0 nitrogen and oxygen atoms in total. The summed E-state index contributed by atoms with van der Waals surface area (Å²) < 4.78 is 0. The van der Waals surface area contributed by atoms with Crippen molar-refractivity contribution in [1.82, 2.24) is 0 Å². The molecule has 1 aliphatic rings. The minimum Gasteiger partial charge on any atom is -0.0995 e. The van der Waals surface area contributed by atoms with E-state index in [9.17, 15) is 0 Å². The minimum absolute atomic E-state index is 0.631. The third-order valence-corrected chi connectivity index (χ3v) is 3.18. The highest BCUT2D eigenvalue weighted by atomic mass is 14.3. The van der Waals surface area contributed by atoms with E-state index in [4.69, 9.17) is 0 Å². The molecule has 62 valence electrons. The molecule has 1 fully saturated rings. The summed E-state index contributed by atoms with van der Waals surface area (Å²) in [4.78, 5) is 0. The van der Waals surface area contributed by atoms with E-state index in [1.54, 1.807) is 0 Å². The summed E-state index contributed by atoms with van der Waals surface area (Å²) in [7, 11) is 0. The van der Waals surface area contributed by atoms with Crippen LogP contribution in [0.5, 0.6) is 0 Å². The van der Waals surface area contributed by atoms with Crippen molar-refractivity contribution in [3.05, 3.63) is 24.3 Å². The molecule has 11 heavy (non-hydrogen) atoms. The van der Waals surface area contributed by atoms with Crippen LogP contribution in [0.1, 0.15) is 27.2 Å². The lowest BCUT2D eigenvalue weighted by atomic mass is 9.71. The molecule has 0 amide bonds. The number of hydrogen-bond acceptors (Lipinski definition) is 0. The summed E-state index contributed by atoms with van der Waals surface area (Å²) >= 11 is 0. The van der Waals surface area contributed by atoms with Crippen LogP contribution in [-0.2, 0) is 0 Å². The topological polar surface area (TPSA) is 0 Å². The van der Waals surface area contributed by atoms with E-state index in [-0.39, 0.29) is 0 Å². The predicted molar refractivity (Wildman–Crippen MR) is 50.4 cm³/mol. The zero-order valence-electron chi connectivity index (χ0n) is 7.85. The van der Waals surface area contributed by atoms with Crippen molar-refractivity contribution < 1.29 is 0 Å². The second-order valence-electron chi connectivity index (χ2n) is 3.92. The first-order valence-electron chi connectivity index (χ1n) is 4.40. The molecule has 0 spiro atoms. The first-order valence-corrected chi connectivity index (χ1v) is 4.40. The van der Waals surface area contributed by atoms with Gasteiger partial charge in [0.2, 0.25) is 0 Å². The van der Waals surface area contributed by atoms with Gasteiger partial charge in [0, 0.05) is 0 Å². The van der Waals surface area contributed by atoms with Crippen molar-refractivity contribution in [3.8, 4) is 0 Å². The van der Waals surface area contributed by atoms with Crippen LogP contribution in [0, 0.1) is 17.8 Å². The summed E-state index contributed by atoms with van der Waals surface area (Å²) in [5.74, 6) is 1.92. The van der Waals surface area contributed by atoms with Gasteiger partial charge in [-0.15, -0.1) is 0 Å². The standard InChI is InChI=1S/C11H18/c1-7-6-8(2)10(4)11(5)9(7)3/h8-9,11H,1,4,6H2,2-3,5H3. The van der Waals surface area contributed by atoms with Gasteiger partial charge in [-0.2, -0.15) is 0 Å². The highest BCUT2D eigenvalue weighted by Crippen LogP contribution is 2.39. The molecular weight excluding hydrogens is 132 g/mol. The maximum atomic E-state index is 4.12. The van der Waals surface area contributed by atoms with Crippen LogP contribution in [-0.4, -0.2) is 0 Å². The molecule has 1 aliphatic carbocycles. The van der Waals surface area contributed by atoms with Crippen molar-refractivity contribution in [2.45, 2.75) is 27.2 Å². The predicted octanol–water partition coefficient (Wildman–Crippen LogP) is 3.41. The van der Waals surface area contributed by atoms with Crippen molar-refractivity contribution in [2.24, 2.45) is 17.8 Å². The molecular formula is C11H18. The van der Waals surface area contributed by atoms with Crippen molar-refractivity contribution in [1.29, 1.82) is 0 Å². The normalized spacial score (nSPS) is 39.4. The van der Waals surface area contributed by atoms with Gasteiger partial charge in [0.25, 0.3) is 0 Å². The second kappa shape index (κ2) is 2.84. The molecule has 0 aromatic carbocycles. The lowest BCUT2D eigenvalue weighted by Crippen LogP contribution is -2.23. The quantitative estimate of drug-likeness (QED) is 0.464. The van der Waals surface area contributed by atoms with E-state index in [0.717, 1.165) is 6.42 Å². The Kier molecular flexibility index (Phi) is 2.22. The summed E-state index contributed by atoms with van der Waals surface area (Å²) in [6, 6.07) is 0. The first-order chi connectivity index (χ1) is 5.04. The largest absolute Gasteiger partial charge is 0.0995 e. The minimum atomic E-state index is 0.631. The third-order valence-electron chi connectivity index (χ3n) is 3.18. The van der Waals surface area contributed by atoms with Crippen LogP contribution >= 0.6 is 0 Å². The molecule has 0 bridgehead atoms. The van der Waals surface area contributed by atoms with Crippen LogP contribution in [0.2, 0.25) is 0 Å². The van der Waals surface area contributed by atoms with E-state index in [1.165, 1.54) is 11.1 Å². The molecule has 3 atom stereocenters. The van der Waals surface area contributed by atoms with Crippen molar-refractivity contribution in [2.75, 3.05) is 0 Å². The third kappa shape index (κ3) is 1.40. The van der Waals surface area contributed by atoms with E-state index < -0.39 is 0 Å². The van der Waals surface area contributed by atoms with Crippen LogP contribution < -0.4 is 0 Å². The number of rotatable bonds is 0. The number of allylic oxidation sites excluding steroid dienone is 2. The molecule has 0 N–H and O–H groups in total. The average molecular weight is 150 g/mol. The lowest BCUT2D eigenvalue weighted by molar-refractivity contribution is 0.387. The molecule has 0 heteroatoms. The fourth-order valence-electron chi connectivity index (χ4n) is 1.83. The zero-order chi connectivity index (χ0) is 8.59. The van der Waals surface area contributed by atoms with Crippen LogP contribution in [0.3, 0.4) is 0 Å². The Morgan fingerprint density at radius 2 is 1.64 bits per heavy atom. The van der Waals surface area contributed by atoms with Gasteiger partial charge in [-0.1, -0.05) is 45.1 Å². The fourth-order valence-corrected chi connectivity index (χ4v) is 1.83. The molecule has 0 heterocycles. The second-order valence-corrected chi connectivity index (χ2v) is 3.92. The van der Waals surface area contributed by atoms with Gasteiger partial charge in [-0.25, -0.2) is 0 Å². The average Bonchev–Trinajstić information content (AvgIpc) is 1.97. The monoisotopic (exact) mass is 150 g/mol. The highest BCUT2D eigenvalue weighted by molar-refractivity contribution is 5.19. The molecule has 0 aliphatic heterocycles. The smallest absolute Gasteiger partial charge is 0.0169 e. The molecule has 1 saturated carbocycles. The summed E-state index contributed by atoms with van der Waals surface area (Å²) in [5, 5.41) is 0. The highest BCUT2D eigenvalue weighted by Gasteiger charge is 2.27. The van der Waals surface area contributed by atoms with E-state index in [1.807, 2.05) is 0 Å². The van der Waals surface area contributed by atoms with E-state index in [2.05, 4.69) is 33.9 Å². The number of hydrogen-bond donors (Lipinski definition) is 0. The summed E-state index contributed by atoms with van der Waals surface area (Å²) in [6.45, 7) is 15.0.